The van der Waals surface area contributed by atoms with Crippen LogP contribution in [0.1, 0.15) is 29.4 Å². The summed E-state index contributed by atoms with van der Waals surface area (Å²) in [6, 6.07) is 9.60. The smallest absolute Gasteiger partial charge is 0.261 e. The Morgan fingerprint density at radius 1 is 1.27 bits per heavy atom. The summed E-state index contributed by atoms with van der Waals surface area (Å²) in [5.41, 5.74) is 0.848. The van der Waals surface area contributed by atoms with Gasteiger partial charge in [-0.1, -0.05) is 17.4 Å². The summed E-state index contributed by atoms with van der Waals surface area (Å²) in [6.45, 7) is 4.44. The summed E-state index contributed by atoms with van der Waals surface area (Å²) >= 11 is 2.89. The normalized spacial score (nSPS) is 15.2. The zero-order chi connectivity index (χ0) is 20.9. The molecule has 30 heavy (non-hydrogen) atoms. The van der Waals surface area contributed by atoms with Crippen LogP contribution in [0.5, 0.6) is 5.75 Å². The van der Waals surface area contributed by atoms with Gasteiger partial charge in [-0.25, -0.2) is 4.98 Å². The highest BCUT2D eigenvalue weighted by molar-refractivity contribution is 7.22. The second-order valence-electron chi connectivity index (χ2n) is 7.13. The van der Waals surface area contributed by atoms with Gasteiger partial charge in [-0.3, -0.25) is 14.5 Å². The van der Waals surface area contributed by atoms with Crippen molar-refractivity contribution in [2.45, 2.75) is 25.8 Å². The maximum atomic E-state index is 12.5. The average molecular weight is 445 g/mol. The minimum absolute atomic E-state index is 0.00970. The molecular weight excluding hydrogens is 420 g/mol. The second-order valence-corrected chi connectivity index (χ2v) is 9.11. The third-order valence-corrected chi connectivity index (χ3v) is 6.75. The molecule has 0 bridgehead atoms. The van der Waals surface area contributed by atoms with Crippen molar-refractivity contribution in [1.82, 2.24) is 15.2 Å². The standard InChI is InChI=1S/C21H24N4O3S2/c1-2-28-15-5-6-16-18(12-15)30-21(23-16)24-19(26)13-25-9-7-14(8-10-25)22-20(27)17-4-3-11-29-17/h3-6,11-12,14H,2,7-10,13H2,1H3,(H,22,27)(H,23,24,26). The molecule has 1 aliphatic rings. The summed E-state index contributed by atoms with van der Waals surface area (Å²) in [6.07, 6.45) is 1.68. The highest BCUT2D eigenvalue weighted by Gasteiger charge is 2.23. The molecule has 9 heteroatoms. The van der Waals surface area contributed by atoms with Crippen molar-refractivity contribution in [3.8, 4) is 5.75 Å². The van der Waals surface area contributed by atoms with Crippen molar-refractivity contribution in [3.63, 3.8) is 0 Å². The fourth-order valence-electron chi connectivity index (χ4n) is 3.48. The molecule has 1 aromatic carbocycles. The van der Waals surface area contributed by atoms with Crippen LogP contribution in [0, 0.1) is 0 Å². The zero-order valence-corrected chi connectivity index (χ0v) is 18.4. The number of likely N-dealkylation sites (tertiary alicyclic amines) is 1. The Labute approximate surface area is 183 Å². The van der Waals surface area contributed by atoms with E-state index in [9.17, 15) is 9.59 Å². The van der Waals surface area contributed by atoms with Crippen LogP contribution in [0.4, 0.5) is 5.13 Å². The molecule has 2 aromatic heterocycles. The van der Waals surface area contributed by atoms with Crippen LogP contribution in [0.3, 0.4) is 0 Å². The molecule has 0 radical (unpaired) electrons. The molecule has 1 saturated heterocycles. The number of thiazole rings is 1. The quantitative estimate of drug-likeness (QED) is 0.582. The van der Waals surface area contributed by atoms with Gasteiger partial charge in [0.1, 0.15) is 5.75 Å². The summed E-state index contributed by atoms with van der Waals surface area (Å²) in [4.78, 5) is 32.0. The summed E-state index contributed by atoms with van der Waals surface area (Å²) in [5, 5.41) is 8.50. The fourth-order valence-corrected chi connectivity index (χ4v) is 5.01. The molecule has 0 spiro atoms. The van der Waals surface area contributed by atoms with Gasteiger partial charge in [0.05, 0.1) is 28.2 Å². The van der Waals surface area contributed by atoms with Gasteiger partial charge in [-0.15, -0.1) is 11.3 Å². The Bertz CT molecular complexity index is 1010. The highest BCUT2D eigenvalue weighted by Crippen LogP contribution is 2.29. The highest BCUT2D eigenvalue weighted by atomic mass is 32.1. The Hall–Kier alpha value is -2.49. The number of thiophene rings is 1. The van der Waals surface area contributed by atoms with E-state index in [1.807, 2.05) is 42.6 Å². The average Bonchev–Trinajstić information content (AvgIpc) is 3.39. The number of anilines is 1. The third-order valence-electron chi connectivity index (χ3n) is 4.95. The van der Waals surface area contributed by atoms with Crippen molar-refractivity contribution < 1.29 is 14.3 Å². The number of fused-ring (bicyclic) bond motifs is 1. The molecule has 2 amide bonds. The molecule has 0 atom stereocenters. The molecule has 0 aliphatic carbocycles. The Balaban J connectivity index is 1.25. The maximum absolute atomic E-state index is 12.5. The lowest BCUT2D eigenvalue weighted by Crippen LogP contribution is -2.46. The van der Waals surface area contributed by atoms with Gasteiger partial charge in [0.15, 0.2) is 5.13 Å². The number of nitrogens with zero attached hydrogens (tertiary/aromatic N) is 2. The van der Waals surface area contributed by atoms with Gasteiger partial charge in [0.2, 0.25) is 5.91 Å². The van der Waals surface area contributed by atoms with E-state index in [1.165, 1.54) is 22.7 Å². The molecule has 2 N–H and O–H groups in total. The van der Waals surface area contributed by atoms with E-state index in [-0.39, 0.29) is 17.9 Å². The molecule has 0 saturated carbocycles. The van der Waals surface area contributed by atoms with Crippen LogP contribution in [0.2, 0.25) is 0 Å². The predicted octanol–water partition coefficient (Wildman–Crippen LogP) is 3.59. The molecule has 3 heterocycles. The first kappa shape index (κ1) is 20.8. The van der Waals surface area contributed by atoms with Crippen LogP contribution < -0.4 is 15.4 Å². The van der Waals surface area contributed by atoms with Crippen molar-refractivity contribution in [2.24, 2.45) is 0 Å². The van der Waals surface area contributed by atoms with Crippen LogP contribution in [0.15, 0.2) is 35.7 Å². The van der Waals surface area contributed by atoms with E-state index >= 15 is 0 Å². The lowest BCUT2D eigenvalue weighted by molar-refractivity contribution is -0.117. The van der Waals surface area contributed by atoms with Gasteiger partial charge in [-0.2, -0.15) is 0 Å². The summed E-state index contributed by atoms with van der Waals surface area (Å²) in [5.74, 6) is 0.727. The number of carbonyl (C=O) groups is 2. The van der Waals surface area contributed by atoms with Gasteiger partial charge in [0.25, 0.3) is 5.91 Å². The van der Waals surface area contributed by atoms with Gasteiger partial charge in [0, 0.05) is 19.1 Å². The van der Waals surface area contributed by atoms with Crippen LogP contribution in [-0.4, -0.2) is 54.0 Å². The number of rotatable bonds is 7. The molecule has 7 nitrogen and oxygen atoms in total. The molecule has 4 rings (SSSR count). The second kappa shape index (κ2) is 9.55. The van der Waals surface area contributed by atoms with Crippen LogP contribution in [-0.2, 0) is 4.79 Å². The van der Waals surface area contributed by atoms with E-state index < -0.39 is 0 Å². The SMILES string of the molecule is CCOc1ccc2nc(NC(=O)CN3CCC(NC(=O)c4cccs4)CC3)sc2c1. The van der Waals surface area contributed by atoms with Crippen LogP contribution >= 0.6 is 22.7 Å². The first-order chi connectivity index (χ1) is 14.6. The number of benzene rings is 1. The zero-order valence-electron chi connectivity index (χ0n) is 16.7. The van der Waals surface area contributed by atoms with Gasteiger partial charge in [-0.05, 0) is 49.4 Å². The lowest BCUT2D eigenvalue weighted by atomic mass is 10.0. The predicted molar refractivity (Wildman–Crippen MR) is 121 cm³/mol. The Kier molecular flexibility index (Phi) is 6.61. The number of amides is 2. The molecule has 1 fully saturated rings. The monoisotopic (exact) mass is 444 g/mol. The summed E-state index contributed by atoms with van der Waals surface area (Å²) in [7, 11) is 0. The summed E-state index contributed by atoms with van der Waals surface area (Å²) < 4.78 is 6.50. The first-order valence-electron chi connectivity index (χ1n) is 10.0. The minimum atomic E-state index is -0.0693. The van der Waals surface area contributed by atoms with E-state index in [0.29, 0.717) is 18.3 Å². The van der Waals surface area contributed by atoms with E-state index in [4.69, 9.17) is 4.74 Å². The number of nitrogens with one attached hydrogen (secondary N) is 2. The molecule has 0 unspecified atom stereocenters. The number of aromatic nitrogens is 1. The molecule has 1 aliphatic heterocycles. The third kappa shape index (κ3) is 5.16. The van der Waals surface area contributed by atoms with E-state index in [1.54, 1.807) is 0 Å². The molecule has 3 aromatic rings. The van der Waals surface area contributed by atoms with Gasteiger partial charge < -0.3 is 15.4 Å². The first-order valence-corrected chi connectivity index (χ1v) is 11.7. The number of carbonyl (C=O) groups excluding carboxylic acids is 2. The largest absolute Gasteiger partial charge is 0.494 e. The van der Waals surface area contributed by atoms with Crippen molar-refractivity contribution in [2.75, 3.05) is 31.6 Å². The maximum Gasteiger partial charge on any atom is 0.261 e. The van der Waals surface area contributed by atoms with Crippen LogP contribution in [0.25, 0.3) is 10.2 Å². The topological polar surface area (TPSA) is 83.6 Å². The Morgan fingerprint density at radius 3 is 2.83 bits per heavy atom. The lowest BCUT2D eigenvalue weighted by Gasteiger charge is -2.31. The van der Waals surface area contributed by atoms with E-state index in [2.05, 4.69) is 20.5 Å². The fraction of sp³-hybridized carbons (Fsp3) is 0.381. The number of piperidine rings is 1. The van der Waals surface area contributed by atoms with Crippen molar-refractivity contribution in [3.05, 3.63) is 40.6 Å². The van der Waals surface area contributed by atoms with Gasteiger partial charge >= 0.3 is 0 Å². The van der Waals surface area contributed by atoms with Crippen molar-refractivity contribution >= 4 is 49.8 Å². The number of hydrogen-bond donors (Lipinski definition) is 2. The number of hydrogen-bond acceptors (Lipinski definition) is 7. The Morgan fingerprint density at radius 2 is 2.10 bits per heavy atom. The minimum Gasteiger partial charge on any atom is -0.494 e. The molecule has 158 valence electrons. The number of ether oxygens (including phenoxy) is 1. The van der Waals surface area contributed by atoms with E-state index in [0.717, 1.165) is 46.8 Å². The van der Waals surface area contributed by atoms with Crippen molar-refractivity contribution in [1.29, 1.82) is 0 Å². The molecular formula is C21H24N4O3S2.